The molecular formula is C15H18N2O2. The van der Waals surface area contributed by atoms with Gasteiger partial charge in [-0.05, 0) is 32.1 Å². The van der Waals surface area contributed by atoms with Crippen LogP contribution >= 0.6 is 0 Å². The molecule has 0 saturated carbocycles. The molecule has 4 nitrogen and oxygen atoms in total. The predicted molar refractivity (Wildman–Crippen MR) is 77.3 cm³/mol. The van der Waals surface area contributed by atoms with E-state index in [1.807, 2.05) is 31.2 Å². The van der Waals surface area contributed by atoms with E-state index in [1.165, 1.54) is 11.8 Å². The molecule has 0 aliphatic carbocycles. The molecule has 19 heavy (non-hydrogen) atoms. The Bertz CT molecular complexity index is 513. The number of nitrogens with zero attached hydrogens (tertiary/aromatic N) is 1. The monoisotopic (exact) mass is 258 g/mol. The highest BCUT2D eigenvalue weighted by Gasteiger charge is 1.99. The smallest absolute Gasteiger partial charge is 0.265 e. The van der Waals surface area contributed by atoms with Crippen LogP contribution in [0.3, 0.4) is 0 Å². The van der Waals surface area contributed by atoms with Gasteiger partial charge in [0.25, 0.3) is 5.91 Å². The lowest BCUT2D eigenvalue weighted by Crippen LogP contribution is -2.24. The molecule has 100 valence electrons. The molecule has 0 heterocycles. The van der Waals surface area contributed by atoms with E-state index in [-0.39, 0.29) is 5.91 Å². The van der Waals surface area contributed by atoms with E-state index in [4.69, 9.17) is 4.74 Å². The number of hydrogen-bond acceptors (Lipinski definition) is 3. The van der Waals surface area contributed by atoms with Crippen LogP contribution in [0.1, 0.15) is 12.5 Å². The third kappa shape index (κ3) is 5.21. The van der Waals surface area contributed by atoms with Gasteiger partial charge in [0.2, 0.25) is 0 Å². The minimum Gasteiger partial charge on any atom is -0.458 e. The summed E-state index contributed by atoms with van der Waals surface area (Å²) < 4.78 is 5.49. The van der Waals surface area contributed by atoms with Crippen LogP contribution < -0.4 is 10.1 Å². The quantitative estimate of drug-likeness (QED) is 0.501. The van der Waals surface area contributed by atoms with Crippen molar-refractivity contribution in [2.45, 2.75) is 13.8 Å². The van der Waals surface area contributed by atoms with Crippen molar-refractivity contribution in [3.8, 4) is 5.75 Å². The SMILES string of the molecule is C=C(/C=C\N=C(C)C(=O)NC)Oc1ccc(C)cc1. The largest absolute Gasteiger partial charge is 0.458 e. The van der Waals surface area contributed by atoms with Crippen molar-refractivity contribution in [2.75, 3.05) is 7.05 Å². The second kappa shape index (κ2) is 7.16. The van der Waals surface area contributed by atoms with Gasteiger partial charge in [-0.15, -0.1) is 0 Å². The van der Waals surface area contributed by atoms with Crippen molar-refractivity contribution in [1.29, 1.82) is 0 Å². The minimum absolute atomic E-state index is 0.213. The predicted octanol–water partition coefficient (Wildman–Crippen LogP) is 2.61. The van der Waals surface area contributed by atoms with Crippen molar-refractivity contribution < 1.29 is 9.53 Å². The van der Waals surface area contributed by atoms with E-state index in [0.717, 1.165) is 0 Å². The zero-order valence-corrected chi connectivity index (χ0v) is 11.4. The molecule has 0 aromatic heterocycles. The van der Waals surface area contributed by atoms with Gasteiger partial charge < -0.3 is 10.1 Å². The summed E-state index contributed by atoms with van der Waals surface area (Å²) in [6, 6.07) is 7.65. The average Bonchev–Trinajstić information content (AvgIpc) is 2.40. The maximum Gasteiger partial charge on any atom is 0.265 e. The van der Waals surface area contributed by atoms with Gasteiger partial charge in [0.05, 0.1) is 0 Å². The summed E-state index contributed by atoms with van der Waals surface area (Å²) in [6.07, 6.45) is 3.09. The summed E-state index contributed by atoms with van der Waals surface area (Å²) >= 11 is 0. The molecule has 0 spiro atoms. The van der Waals surface area contributed by atoms with Gasteiger partial charge in [-0.1, -0.05) is 24.3 Å². The summed E-state index contributed by atoms with van der Waals surface area (Å²) in [6.45, 7) is 7.40. The number of carbonyl (C=O) groups is 1. The number of amides is 1. The summed E-state index contributed by atoms with van der Waals surface area (Å²) in [5.41, 5.74) is 1.54. The topological polar surface area (TPSA) is 50.7 Å². The fourth-order valence-corrected chi connectivity index (χ4v) is 1.26. The zero-order valence-electron chi connectivity index (χ0n) is 11.4. The lowest BCUT2D eigenvalue weighted by Gasteiger charge is -2.04. The highest BCUT2D eigenvalue weighted by atomic mass is 16.5. The number of carbonyl (C=O) groups excluding carboxylic acids is 1. The van der Waals surface area contributed by atoms with Crippen molar-refractivity contribution in [1.82, 2.24) is 5.32 Å². The number of allylic oxidation sites excluding steroid dienone is 1. The molecule has 1 amide bonds. The van der Waals surface area contributed by atoms with E-state index >= 15 is 0 Å². The number of aryl methyl sites for hydroxylation is 1. The van der Waals surface area contributed by atoms with Crippen molar-refractivity contribution in [2.24, 2.45) is 4.99 Å². The van der Waals surface area contributed by atoms with Crippen LogP contribution in [-0.4, -0.2) is 18.7 Å². The number of nitrogens with one attached hydrogen (secondary N) is 1. The van der Waals surface area contributed by atoms with Crippen molar-refractivity contribution in [3.05, 3.63) is 54.4 Å². The molecule has 0 fully saturated rings. The van der Waals surface area contributed by atoms with Crippen LogP contribution in [0.15, 0.2) is 53.9 Å². The first-order chi connectivity index (χ1) is 9.02. The fraction of sp³-hybridized carbons (Fsp3) is 0.200. The van der Waals surface area contributed by atoms with E-state index in [9.17, 15) is 4.79 Å². The Labute approximate surface area is 113 Å². The first-order valence-corrected chi connectivity index (χ1v) is 5.89. The van der Waals surface area contributed by atoms with Crippen LogP contribution in [-0.2, 0) is 4.79 Å². The molecule has 0 unspecified atom stereocenters. The van der Waals surface area contributed by atoms with Gasteiger partial charge in [-0.25, -0.2) is 0 Å². The molecule has 1 N–H and O–H groups in total. The van der Waals surface area contributed by atoms with Gasteiger partial charge in [0, 0.05) is 13.2 Å². The van der Waals surface area contributed by atoms with Gasteiger partial charge in [-0.2, -0.15) is 0 Å². The first-order valence-electron chi connectivity index (χ1n) is 5.89. The summed E-state index contributed by atoms with van der Waals surface area (Å²) in [5.74, 6) is 0.958. The third-order valence-corrected chi connectivity index (χ3v) is 2.35. The normalized spacial score (nSPS) is 11.4. The van der Waals surface area contributed by atoms with Gasteiger partial charge in [-0.3, -0.25) is 9.79 Å². The number of benzene rings is 1. The van der Waals surface area contributed by atoms with Crippen LogP contribution in [0, 0.1) is 6.92 Å². The standard InChI is InChI=1S/C15H18N2O2/c1-11-5-7-14(8-6-11)19-12(2)9-10-17-13(3)15(18)16-4/h5-10H,2H2,1,3-4H3,(H,16,18)/b10-9-,17-13?. The summed E-state index contributed by atoms with van der Waals surface area (Å²) in [4.78, 5) is 15.2. The van der Waals surface area contributed by atoms with Crippen molar-refractivity contribution in [3.63, 3.8) is 0 Å². The van der Waals surface area contributed by atoms with Gasteiger partial charge in [0.15, 0.2) is 0 Å². The molecule has 1 aromatic rings. The number of hydrogen-bond donors (Lipinski definition) is 1. The Morgan fingerprint density at radius 2 is 2.00 bits per heavy atom. The van der Waals surface area contributed by atoms with E-state index < -0.39 is 0 Å². The first kappa shape index (κ1) is 14.7. The molecular weight excluding hydrogens is 240 g/mol. The van der Waals surface area contributed by atoms with Crippen LogP contribution in [0.2, 0.25) is 0 Å². The summed E-state index contributed by atoms with van der Waals surface area (Å²) in [5, 5.41) is 2.49. The van der Waals surface area contributed by atoms with E-state index in [0.29, 0.717) is 17.2 Å². The number of ether oxygens (including phenoxy) is 1. The minimum atomic E-state index is -0.213. The molecule has 0 aliphatic rings. The lowest BCUT2D eigenvalue weighted by molar-refractivity contribution is -0.114. The highest BCUT2D eigenvalue weighted by Crippen LogP contribution is 2.14. The molecule has 1 aromatic carbocycles. The molecule has 0 radical (unpaired) electrons. The maximum absolute atomic E-state index is 11.2. The highest BCUT2D eigenvalue weighted by molar-refractivity contribution is 6.37. The van der Waals surface area contributed by atoms with Crippen molar-refractivity contribution >= 4 is 11.6 Å². The Balaban J connectivity index is 2.56. The van der Waals surface area contributed by atoms with E-state index in [1.54, 1.807) is 20.0 Å². The van der Waals surface area contributed by atoms with Crippen LogP contribution in [0.4, 0.5) is 0 Å². The Morgan fingerprint density at radius 3 is 2.58 bits per heavy atom. The van der Waals surface area contributed by atoms with Crippen LogP contribution in [0.5, 0.6) is 5.75 Å². The number of rotatable bonds is 5. The van der Waals surface area contributed by atoms with E-state index in [2.05, 4.69) is 16.9 Å². The Hall–Kier alpha value is -2.36. The molecule has 0 saturated heterocycles. The Morgan fingerprint density at radius 1 is 1.37 bits per heavy atom. The second-order valence-electron chi connectivity index (χ2n) is 3.99. The molecule has 1 rings (SSSR count). The molecule has 0 atom stereocenters. The molecule has 0 bridgehead atoms. The second-order valence-corrected chi connectivity index (χ2v) is 3.99. The van der Waals surface area contributed by atoms with Crippen LogP contribution in [0.25, 0.3) is 0 Å². The zero-order chi connectivity index (χ0) is 14.3. The molecule has 4 heteroatoms. The van der Waals surface area contributed by atoms with Gasteiger partial charge in [0.1, 0.15) is 17.2 Å². The maximum atomic E-state index is 11.2. The Kier molecular flexibility index (Phi) is 5.54. The molecule has 0 aliphatic heterocycles. The fourth-order valence-electron chi connectivity index (χ4n) is 1.26. The lowest BCUT2D eigenvalue weighted by atomic mass is 10.2. The number of aliphatic imine (C=N–C) groups is 1. The average molecular weight is 258 g/mol. The summed E-state index contributed by atoms with van der Waals surface area (Å²) in [7, 11) is 1.56. The van der Waals surface area contributed by atoms with Gasteiger partial charge >= 0.3 is 0 Å². The third-order valence-electron chi connectivity index (χ3n) is 2.35.